The standard InChI is InChI=1S/C21H25NO2/c1-2-16-9-13-20(14-10-16)24-15-17-7-11-18(12-8-17)21(23)22-19-5-3-4-6-19/h7-14,19H,2-6,15H2,1H3,(H,22,23). The van der Waals surface area contributed by atoms with Gasteiger partial charge in [0, 0.05) is 11.6 Å². The normalized spacial score (nSPS) is 14.5. The van der Waals surface area contributed by atoms with Gasteiger partial charge in [0.2, 0.25) is 0 Å². The summed E-state index contributed by atoms with van der Waals surface area (Å²) in [5, 5.41) is 3.11. The molecule has 0 radical (unpaired) electrons. The van der Waals surface area contributed by atoms with Gasteiger partial charge in [-0.05, 0) is 54.7 Å². The van der Waals surface area contributed by atoms with Crippen molar-refractivity contribution in [1.82, 2.24) is 5.32 Å². The summed E-state index contributed by atoms with van der Waals surface area (Å²) < 4.78 is 5.80. The molecular weight excluding hydrogens is 298 g/mol. The average molecular weight is 323 g/mol. The molecule has 3 nitrogen and oxygen atoms in total. The maximum Gasteiger partial charge on any atom is 0.251 e. The van der Waals surface area contributed by atoms with Gasteiger partial charge in [-0.15, -0.1) is 0 Å². The third-order valence-corrected chi connectivity index (χ3v) is 4.64. The number of carbonyl (C=O) groups is 1. The highest BCUT2D eigenvalue weighted by Crippen LogP contribution is 2.18. The van der Waals surface area contributed by atoms with Crippen molar-refractivity contribution in [3.63, 3.8) is 0 Å². The second kappa shape index (κ2) is 8.00. The summed E-state index contributed by atoms with van der Waals surface area (Å²) in [5.74, 6) is 0.903. The molecule has 1 aliphatic carbocycles. The smallest absolute Gasteiger partial charge is 0.251 e. The zero-order valence-corrected chi connectivity index (χ0v) is 14.3. The number of ether oxygens (including phenoxy) is 1. The van der Waals surface area contributed by atoms with Gasteiger partial charge >= 0.3 is 0 Å². The van der Waals surface area contributed by atoms with E-state index in [0.717, 1.165) is 36.1 Å². The number of rotatable bonds is 6. The van der Waals surface area contributed by atoms with E-state index in [0.29, 0.717) is 12.6 Å². The van der Waals surface area contributed by atoms with Gasteiger partial charge in [-0.2, -0.15) is 0 Å². The molecule has 3 heteroatoms. The molecule has 1 fully saturated rings. The van der Waals surface area contributed by atoms with Crippen LogP contribution in [0.2, 0.25) is 0 Å². The van der Waals surface area contributed by atoms with E-state index in [1.54, 1.807) is 0 Å². The Morgan fingerprint density at radius 3 is 2.25 bits per heavy atom. The summed E-state index contributed by atoms with van der Waals surface area (Å²) in [5.41, 5.74) is 3.09. The van der Waals surface area contributed by atoms with Gasteiger partial charge < -0.3 is 10.1 Å². The molecule has 2 aromatic rings. The van der Waals surface area contributed by atoms with Crippen LogP contribution in [0.25, 0.3) is 0 Å². The van der Waals surface area contributed by atoms with Crippen LogP contribution in [0.3, 0.4) is 0 Å². The van der Waals surface area contributed by atoms with Crippen molar-refractivity contribution in [2.75, 3.05) is 0 Å². The van der Waals surface area contributed by atoms with Crippen LogP contribution in [0.1, 0.15) is 54.1 Å². The Balaban J connectivity index is 1.52. The molecule has 0 spiro atoms. The predicted octanol–water partition coefficient (Wildman–Crippen LogP) is 4.50. The third kappa shape index (κ3) is 4.38. The molecule has 2 aromatic carbocycles. The van der Waals surface area contributed by atoms with E-state index in [1.807, 2.05) is 36.4 Å². The van der Waals surface area contributed by atoms with Crippen LogP contribution in [0, 0.1) is 0 Å². The maximum absolute atomic E-state index is 12.2. The zero-order valence-electron chi connectivity index (χ0n) is 14.3. The van der Waals surface area contributed by atoms with Crippen LogP contribution in [-0.2, 0) is 13.0 Å². The first-order chi connectivity index (χ1) is 11.7. The first-order valence-electron chi connectivity index (χ1n) is 8.86. The maximum atomic E-state index is 12.2. The number of amides is 1. The fourth-order valence-corrected chi connectivity index (χ4v) is 3.08. The Morgan fingerprint density at radius 1 is 1.00 bits per heavy atom. The van der Waals surface area contributed by atoms with E-state index in [4.69, 9.17) is 4.74 Å². The molecule has 0 heterocycles. The Morgan fingerprint density at radius 2 is 1.62 bits per heavy atom. The van der Waals surface area contributed by atoms with Crippen LogP contribution < -0.4 is 10.1 Å². The third-order valence-electron chi connectivity index (χ3n) is 4.64. The highest BCUT2D eigenvalue weighted by atomic mass is 16.5. The van der Waals surface area contributed by atoms with Gasteiger partial charge in [0.25, 0.3) is 5.91 Å². The summed E-state index contributed by atoms with van der Waals surface area (Å²) in [6.45, 7) is 2.65. The van der Waals surface area contributed by atoms with E-state index >= 15 is 0 Å². The molecule has 1 saturated carbocycles. The van der Waals surface area contributed by atoms with E-state index in [2.05, 4.69) is 24.4 Å². The molecule has 0 aromatic heterocycles. The molecule has 0 bridgehead atoms. The lowest BCUT2D eigenvalue weighted by atomic mass is 10.1. The first-order valence-corrected chi connectivity index (χ1v) is 8.86. The van der Waals surface area contributed by atoms with Gasteiger partial charge in [-0.1, -0.05) is 44.0 Å². The lowest BCUT2D eigenvalue weighted by Gasteiger charge is -2.12. The SMILES string of the molecule is CCc1ccc(OCc2ccc(C(=O)NC3CCCC3)cc2)cc1. The number of carbonyl (C=O) groups excluding carboxylic acids is 1. The molecule has 0 atom stereocenters. The van der Waals surface area contributed by atoms with Gasteiger partial charge in [-0.3, -0.25) is 4.79 Å². The van der Waals surface area contributed by atoms with Crippen LogP contribution in [0.5, 0.6) is 5.75 Å². The molecule has 126 valence electrons. The molecule has 0 aliphatic heterocycles. The first kappa shape index (κ1) is 16.6. The van der Waals surface area contributed by atoms with Gasteiger partial charge in [0.15, 0.2) is 0 Å². The number of aryl methyl sites for hydroxylation is 1. The lowest BCUT2D eigenvalue weighted by molar-refractivity contribution is 0.0938. The Hall–Kier alpha value is -2.29. The molecule has 1 amide bonds. The Labute approximate surface area is 144 Å². The van der Waals surface area contributed by atoms with Crippen molar-refractivity contribution in [1.29, 1.82) is 0 Å². The second-order valence-electron chi connectivity index (χ2n) is 6.44. The molecule has 3 rings (SSSR count). The van der Waals surface area contributed by atoms with Crippen molar-refractivity contribution in [3.8, 4) is 5.75 Å². The van der Waals surface area contributed by atoms with Crippen LogP contribution in [0.15, 0.2) is 48.5 Å². The molecular formula is C21H25NO2. The number of hydrogen-bond acceptors (Lipinski definition) is 2. The monoisotopic (exact) mass is 323 g/mol. The lowest BCUT2D eigenvalue weighted by Crippen LogP contribution is -2.32. The van der Waals surface area contributed by atoms with Crippen molar-refractivity contribution in [3.05, 3.63) is 65.2 Å². The van der Waals surface area contributed by atoms with E-state index < -0.39 is 0 Å². The van der Waals surface area contributed by atoms with Crippen molar-refractivity contribution < 1.29 is 9.53 Å². The Kier molecular flexibility index (Phi) is 5.52. The molecule has 1 N–H and O–H groups in total. The van der Waals surface area contributed by atoms with Gasteiger partial charge in [-0.25, -0.2) is 0 Å². The number of benzene rings is 2. The van der Waals surface area contributed by atoms with Crippen LogP contribution >= 0.6 is 0 Å². The quantitative estimate of drug-likeness (QED) is 0.850. The fourth-order valence-electron chi connectivity index (χ4n) is 3.08. The summed E-state index contributed by atoms with van der Waals surface area (Å²) in [7, 11) is 0. The highest BCUT2D eigenvalue weighted by Gasteiger charge is 2.17. The van der Waals surface area contributed by atoms with E-state index in [9.17, 15) is 4.79 Å². The summed E-state index contributed by atoms with van der Waals surface area (Å²) in [6, 6.07) is 16.2. The number of nitrogens with one attached hydrogen (secondary N) is 1. The minimum Gasteiger partial charge on any atom is -0.489 e. The minimum absolute atomic E-state index is 0.0320. The van der Waals surface area contributed by atoms with Gasteiger partial charge in [0.1, 0.15) is 12.4 Å². The highest BCUT2D eigenvalue weighted by molar-refractivity contribution is 5.94. The molecule has 24 heavy (non-hydrogen) atoms. The van der Waals surface area contributed by atoms with E-state index in [-0.39, 0.29) is 5.91 Å². The summed E-state index contributed by atoms with van der Waals surface area (Å²) >= 11 is 0. The zero-order chi connectivity index (χ0) is 16.8. The van der Waals surface area contributed by atoms with Crippen molar-refractivity contribution >= 4 is 5.91 Å². The fraction of sp³-hybridized carbons (Fsp3) is 0.381. The van der Waals surface area contributed by atoms with E-state index in [1.165, 1.54) is 18.4 Å². The second-order valence-corrected chi connectivity index (χ2v) is 6.44. The average Bonchev–Trinajstić information content (AvgIpc) is 3.14. The van der Waals surface area contributed by atoms with Crippen LogP contribution in [0.4, 0.5) is 0 Å². The largest absolute Gasteiger partial charge is 0.489 e. The van der Waals surface area contributed by atoms with Crippen molar-refractivity contribution in [2.24, 2.45) is 0 Å². The number of hydrogen-bond donors (Lipinski definition) is 1. The topological polar surface area (TPSA) is 38.3 Å². The van der Waals surface area contributed by atoms with Crippen LogP contribution in [-0.4, -0.2) is 11.9 Å². The summed E-state index contributed by atoms with van der Waals surface area (Å²) in [6.07, 6.45) is 5.69. The predicted molar refractivity (Wildman–Crippen MR) is 96.3 cm³/mol. The molecule has 0 unspecified atom stereocenters. The Bertz CT molecular complexity index is 655. The van der Waals surface area contributed by atoms with Gasteiger partial charge in [0.05, 0.1) is 0 Å². The minimum atomic E-state index is 0.0320. The molecule has 1 aliphatic rings. The summed E-state index contributed by atoms with van der Waals surface area (Å²) in [4.78, 5) is 12.2. The van der Waals surface area contributed by atoms with Crippen molar-refractivity contribution in [2.45, 2.75) is 51.7 Å². The molecule has 0 saturated heterocycles.